The van der Waals surface area contributed by atoms with Crippen LogP contribution in [0.2, 0.25) is 0 Å². The first-order valence-electron chi connectivity index (χ1n) is 8.53. The third-order valence-corrected chi connectivity index (χ3v) is 4.23. The van der Waals surface area contributed by atoms with Gasteiger partial charge in [-0.1, -0.05) is 30.3 Å². The minimum Gasteiger partial charge on any atom is -0.406 e. The fourth-order valence-electron chi connectivity index (χ4n) is 2.91. The topological polar surface area (TPSA) is 74.1 Å². The molecule has 0 unspecified atom stereocenters. The van der Waals surface area contributed by atoms with Crippen LogP contribution in [0.1, 0.15) is 24.8 Å². The summed E-state index contributed by atoms with van der Waals surface area (Å²) in [5.74, 6) is -2.64. The van der Waals surface area contributed by atoms with Crippen LogP contribution >= 0.6 is 0 Å². The fourth-order valence-corrected chi connectivity index (χ4v) is 2.91. The largest absolute Gasteiger partial charge is 0.573 e. The first-order chi connectivity index (χ1) is 13.6. The Labute approximate surface area is 161 Å². The van der Waals surface area contributed by atoms with Gasteiger partial charge in [-0.25, -0.2) is 9.07 Å². The normalized spacial score (nSPS) is 12.7. The molecule has 1 heterocycles. The number of halogens is 4. The highest BCUT2D eigenvalue weighted by atomic mass is 19.4. The summed E-state index contributed by atoms with van der Waals surface area (Å²) in [5.41, 5.74) is -0.0148. The van der Waals surface area contributed by atoms with Gasteiger partial charge in [-0.05, 0) is 29.7 Å². The molecule has 0 aliphatic carbocycles. The number of benzene rings is 2. The number of carbonyl (C=O) groups is 1. The van der Waals surface area contributed by atoms with E-state index in [-0.39, 0.29) is 18.5 Å². The van der Waals surface area contributed by atoms with Crippen LogP contribution in [0.4, 0.5) is 17.6 Å². The van der Waals surface area contributed by atoms with Gasteiger partial charge in [0.05, 0.1) is 5.39 Å². The maximum atomic E-state index is 14.2. The predicted octanol–water partition coefficient (Wildman–Crippen LogP) is 3.59. The van der Waals surface area contributed by atoms with Crippen LogP contribution < -0.4 is 10.3 Å². The number of rotatable bonds is 6. The average molecular weight is 409 g/mol. The molecule has 10 heteroatoms. The van der Waals surface area contributed by atoms with Crippen LogP contribution in [0.15, 0.2) is 47.3 Å². The van der Waals surface area contributed by atoms with Crippen molar-refractivity contribution in [2.24, 2.45) is 0 Å². The van der Waals surface area contributed by atoms with Crippen molar-refractivity contribution in [1.29, 1.82) is 0 Å². The molecule has 0 fully saturated rings. The van der Waals surface area contributed by atoms with Crippen LogP contribution in [-0.4, -0.2) is 27.1 Å². The molecule has 152 valence electrons. The summed E-state index contributed by atoms with van der Waals surface area (Å²) in [6, 6.07) is 9.27. The number of alkyl halides is 3. The number of carbonyl (C=O) groups excluding carboxylic acids is 1. The summed E-state index contributed by atoms with van der Waals surface area (Å²) in [4.78, 5) is 24.7. The number of hydrogen-bond donors (Lipinski definition) is 0. The molecule has 0 aliphatic heterocycles. The highest BCUT2D eigenvalue weighted by molar-refractivity contribution is 5.80. The lowest BCUT2D eigenvalue weighted by Gasteiger charge is -2.14. The summed E-state index contributed by atoms with van der Waals surface area (Å²) in [5, 5.41) is 7.92. The number of Topliss-reactive ketones (excluding diaryl/α,β-unsaturated/α-hetero) is 1. The maximum Gasteiger partial charge on any atom is 0.573 e. The minimum absolute atomic E-state index is 0.0600. The predicted molar refractivity (Wildman–Crippen MR) is 94.9 cm³/mol. The molecule has 0 spiro atoms. The fraction of sp³-hybridized carbons (Fsp3) is 0.263. The maximum absolute atomic E-state index is 14.2. The summed E-state index contributed by atoms with van der Waals surface area (Å²) in [7, 11) is 0. The standard InChI is InChI=1S/C19H15F4N3O3/c1-11(14-7-6-13(9-16(14)20)29-19(21,22)23)8-12(27)10-26-18(28)15-4-2-3-5-17(15)24-25-26/h2-7,9,11H,8,10H2,1H3/t11-/m1/s1. The van der Waals surface area contributed by atoms with E-state index in [9.17, 15) is 27.2 Å². The zero-order valence-corrected chi connectivity index (χ0v) is 15.1. The second-order valence-electron chi connectivity index (χ2n) is 6.44. The summed E-state index contributed by atoms with van der Waals surface area (Å²) in [6.45, 7) is 1.20. The van der Waals surface area contributed by atoms with E-state index in [0.29, 0.717) is 17.0 Å². The van der Waals surface area contributed by atoms with Crippen molar-refractivity contribution in [2.75, 3.05) is 0 Å². The van der Waals surface area contributed by atoms with E-state index in [1.807, 2.05) is 0 Å². The second kappa shape index (κ2) is 7.98. The molecule has 0 bridgehead atoms. The molecule has 0 aliphatic rings. The monoisotopic (exact) mass is 409 g/mol. The van der Waals surface area contributed by atoms with Gasteiger partial charge in [-0.3, -0.25) is 9.59 Å². The van der Waals surface area contributed by atoms with Crippen LogP contribution in [-0.2, 0) is 11.3 Å². The van der Waals surface area contributed by atoms with Crippen molar-refractivity contribution >= 4 is 16.7 Å². The highest BCUT2D eigenvalue weighted by Gasteiger charge is 2.31. The molecule has 0 amide bonds. The molecule has 0 saturated heterocycles. The van der Waals surface area contributed by atoms with E-state index in [4.69, 9.17) is 0 Å². The van der Waals surface area contributed by atoms with Crippen LogP contribution in [0.5, 0.6) is 5.75 Å². The van der Waals surface area contributed by atoms with Gasteiger partial charge in [0.1, 0.15) is 23.6 Å². The molecule has 0 radical (unpaired) electrons. The third-order valence-electron chi connectivity index (χ3n) is 4.23. The SMILES string of the molecule is C[C@H](CC(=O)Cn1nnc2ccccc2c1=O)c1ccc(OC(F)(F)F)cc1F. The molecule has 3 rings (SSSR count). The van der Waals surface area contributed by atoms with E-state index >= 15 is 0 Å². The smallest absolute Gasteiger partial charge is 0.406 e. The number of fused-ring (bicyclic) bond motifs is 1. The quantitative estimate of drug-likeness (QED) is 0.582. The Bertz CT molecular complexity index is 1110. The first kappa shape index (κ1) is 20.4. The lowest BCUT2D eigenvalue weighted by atomic mass is 9.95. The van der Waals surface area contributed by atoms with Gasteiger partial charge in [0, 0.05) is 12.5 Å². The highest BCUT2D eigenvalue weighted by Crippen LogP contribution is 2.28. The second-order valence-corrected chi connectivity index (χ2v) is 6.44. The van der Waals surface area contributed by atoms with Crippen LogP contribution in [0.3, 0.4) is 0 Å². The van der Waals surface area contributed by atoms with Crippen molar-refractivity contribution in [3.05, 3.63) is 64.2 Å². The number of nitrogens with zero attached hydrogens (tertiary/aromatic N) is 3. The molecule has 1 atom stereocenters. The van der Waals surface area contributed by atoms with E-state index in [1.54, 1.807) is 31.2 Å². The summed E-state index contributed by atoms with van der Waals surface area (Å²) < 4.78 is 55.4. The van der Waals surface area contributed by atoms with Crippen molar-refractivity contribution in [3.63, 3.8) is 0 Å². The molecule has 6 nitrogen and oxygen atoms in total. The van der Waals surface area contributed by atoms with Crippen LogP contribution in [0.25, 0.3) is 10.9 Å². The van der Waals surface area contributed by atoms with Gasteiger partial charge < -0.3 is 4.74 Å². The summed E-state index contributed by atoms with van der Waals surface area (Å²) in [6.07, 6.45) is -5.07. The molecule has 0 saturated carbocycles. The van der Waals surface area contributed by atoms with Gasteiger partial charge in [-0.2, -0.15) is 0 Å². The number of ether oxygens (including phenoxy) is 1. The zero-order valence-electron chi connectivity index (χ0n) is 15.1. The Morgan fingerprint density at radius 3 is 2.62 bits per heavy atom. The van der Waals surface area contributed by atoms with Gasteiger partial charge in [0.25, 0.3) is 5.56 Å². The minimum atomic E-state index is -4.93. The van der Waals surface area contributed by atoms with E-state index in [1.165, 1.54) is 0 Å². The lowest BCUT2D eigenvalue weighted by molar-refractivity contribution is -0.274. The summed E-state index contributed by atoms with van der Waals surface area (Å²) >= 11 is 0. The van der Waals surface area contributed by atoms with Gasteiger partial charge >= 0.3 is 6.36 Å². The van der Waals surface area contributed by atoms with Crippen molar-refractivity contribution in [2.45, 2.75) is 32.2 Å². The number of ketones is 1. The van der Waals surface area contributed by atoms with Crippen molar-refractivity contribution in [1.82, 2.24) is 15.0 Å². The number of aromatic nitrogens is 3. The van der Waals surface area contributed by atoms with Gasteiger partial charge in [0.15, 0.2) is 5.78 Å². The Kier molecular flexibility index (Phi) is 5.62. The Morgan fingerprint density at radius 1 is 1.21 bits per heavy atom. The Hall–Kier alpha value is -3.30. The molecule has 2 aromatic carbocycles. The van der Waals surface area contributed by atoms with Gasteiger partial charge in [-0.15, -0.1) is 18.3 Å². The van der Waals surface area contributed by atoms with E-state index < -0.39 is 35.2 Å². The zero-order chi connectivity index (χ0) is 21.2. The molecule has 3 aromatic rings. The van der Waals surface area contributed by atoms with Crippen molar-refractivity contribution < 1.29 is 27.1 Å². The van der Waals surface area contributed by atoms with Crippen molar-refractivity contribution in [3.8, 4) is 5.75 Å². The van der Waals surface area contributed by atoms with Crippen LogP contribution in [0, 0.1) is 5.82 Å². The first-order valence-corrected chi connectivity index (χ1v) is 8.53. The van der Waals surface area contributed by atoms with E-state index in [0.717, 1.165) is 16.8 Å². The molecule has 1 aromatic heterocycles. The third kappa shape index (κ3) is 4.95. The Balaban J connectivity index is 1.71. The molecular weight excluding hydrogens is 394 g/mol. The molecular formula is C19H15F4N3O3. The van der Waals surface area contributed by atoms with E-state index in [2.05, 4.69) is 15.0 Å². The Morgan fingerprint density at radius 2 is 1.93 bits per heavy atom. The number of hydrogen-bond acceptors (Lipinski definition) is 5. The average Bonchev–Trinajstić information content (AvgIpc) is 2.63. The lowest BCUT2D eigenvalue weighted by Crippen LogP contribution is -2.28. The molecule has 29 heavy (non-hydrogen) atoms. The molecule has 0 N–H and O–H groups in total. The van der Waals surface area contributed by atoms with Gasteiger partial charge in [0.2, 0.25) is 0 Å².